The van der Waals surface area contributed by atoms with E-state index in [2.05, 4.69) is 5.92 Å². The fourth-order valence-electron chi connectivity index (χ4n) is 1.58. The molecule has 0 aromatic heterocycles. The van der Waals surface area contributed by atoms with E-state index < -0.39 is 0 Å². The Balaban J connectivity index is 2.92. The Morgan fingerprint density at radius 1 is 1.44 bits per heavy atom. The molecule has 0 unspecified atom stereocenters. The molecule has 92 valence electrons. The van der Waals surface area contributed by atoms with Gasteiger partial charge in [0.05, 0.1) is 0 Å². The minimum absolute atomic E-state index is 0.0163. The molecule has 0 amide bonds. The Bertz CT molecular complexity index is 494. The van der Waals surface area contributed by atoms with Crippen LogP contribution in [0.1, 0.15) is 26.2 Å². The van der Waals surface area contributed by atoms with Crippen LogP contribution in [0.2, 0.25) is 0 Å². The summed E-state index contributed by atoms with van der Waals surface area (Å²) < 4.78 is 0. The Labute approximate surface area is 108 Å². The van der Waals surface area contributed by atoms with Crippen LogP contribution in [0.4, 0.5) is 0 Å². The maximum atomic E-state index is 12.2. The van der Waals surface area contributed by atoms with E-state index in [1.807, 2.05) is 18.2 Å². The van der Waals surface area contributed by atoms with Gasteiger partial charge in [0.25, 0.3) is 0 Å². The Morgan fingerprint density at radius 3 is 2.78 bits per heavy atom. The Kier molecular flexibility index (Phi) is 5.60. The first-order valence-corrected chi connectivity index (χ1v) is 5.89. The number of carbonyl (C=O) groups excluding carboxylic acids is 2. The van der Waals surface area contributed by atoms with Crippen molar-refractivity contribution in [3.8, 4) is 12.3 Å². The first-order valence-electron chi connectivity index (χ1n) is 5.89. The molecule has 0 spiro atoms. The molecule has 0 saturated heterocycles. The average Bonchev–Trinajstić information content (AvgIpc) is 2.39. The monoisotopic (exact) mass is 240 g/mol. The largest absolute Gasteiger partial charge is 0.300 e. The maximum absolute atomic E-state index is 12.2. The number of carbonyl (C=O) groups is 2. The summed E-state index contributed by atoms with van der Waals surface area (Å²) in [7, 11) is 0. The number of terminal acetylenes is 1. The number of rotatable bonds is 5. The van der Waals surface area contributed by atoms with Gasteiger partial charge in [-0.15, -0.1) is 6.42 Å². The van der Waals surface area contributed by atoms with Gasteiger partial charge >= 0.3 is 0 Å². The van der Waals surface area contributed by atoms with Gasteiger partial charge in [0.2, 0.25) is 0 Å². The molecule has 0 aromatic carbocycles. The topological polar surface area (TPSA) is 34.1 Å². The van der Waals surface area contributed by atoms with E-state index in [0.29, 0.717) is 11.1 Å². The Morgan fingerprint density at radius 2 is 2.22 bits per heavy atom. The van der Waals surface area contributed by atoms with Crippen molar-refractivity contribution in [2.45, 2.75) is 26.2 Å². The van der Waals surface area contributed by atoms with Gasteiger partial charge in [0, 0.05) is 17.6 Å². The van der Waals surface area contributed by atoms with Gasteiger partial charge in [0.1, 0.15) is 5.78 Å². The summed E-state index contributed by atoms with van der Waals surface area (Å²) in [6, 6.07) is 0. The number of allylic oxidation sites excluding steroid dienone is 8. The average molecular weight is 240 g/mol. The smallest absolute Gasteiger partial charge is 0.192 e. The van der Waals surface area contributed by atoms with E-state index >= 15 is 0 Å². The van der Waals surface area contributed by atoms with Crippen LogP contribution in [0.3, 0.4) is 0 Å². The highest BCUT2D eigenvalue weighted by atomic mass is 16.1. The molecule has 18 heavy (non-hydrogen) atoms. The third-order valence-electron chi connectivity index (χ3n) is 2.49. The summed E-state index contributed by atoms with van der Waals surface area (Å²) >= 11 is 0. The molecule has 1 aliphatic rings. The third kappa shape index (κ3) is 4.39. The van der Waals surface area contributed by atoms with Crippen molar-refractivity contribution in [1.29, 1.82) is 0 Å². The van der Waals surface area contributed by atoms with Crippen LogP contribution in [-0.2, 0) is 9.59 Å². The summed E-state index contributed by atoms with van der Waals surface area (Å²) in [6.45, 7) is 1.49. The summed E-state index contributed by atoms with van der Waals surface area (Å²) in [5.74, 6) is 2.28. The predicted octanol–water partition coefficient (Wildman–Crippen LogP) is 2.93. The lowest BCUT2D eigenvalue weighted by Gasteiger charge is -2.06. The molecule has 0 aliphatic heterocycles. The van der Waals surface area contributed by atoms with Crippen LogP contribution in [0.15, 0.2) is 47.6 Å². The molecule has 0 aromatic rings. The number of ketones is 2. The summed E-state index contributed by atoms with van der Waals surface area (Å²) in [5, 5.41) is 0. The molecule has 0 radical (unpaired) electrons. The predicted molar refractivity (Wildman–Crippen MR) is 72.8 cm³/mol. The highest BCUT2D eigenvalue weighted by Crippen LogP contribution is 2.16. The van der Waals surface area contributed by atoms with E-state index in [-0.39, 0.29) is 18.0 Å². The summed E-state index contributed by atoms with van der Waals surface area (Å²) in [6.07, 6.45) is 17.6. The van der Waals surface area contributed by atoms with Crippen molar-refractivity contribution >= 4 is 11.6 Å². The molecule has 1 rings (SSSR count). The van der Waals surface area contributed by atoms with E-state index in [9.17, 15) is 9.59 Å². The number of Topliss-reactive ketones (excluding diaryl/α,β-unsaturated/α-hetero) is 2. The lowest BCUT2D eigenvalue weighted by molar-refractivity contribution is -0.116. The number of hydrogen-bond donors (Lipinski definition) is 0. The minimum Gasteiger partial charge on any atom is -0.300 e. The second-order valence-electron chi connectivity index (χ2n) is 4.03. The standard InChI is InChI=1S/C16H16O2/c1-3-4-8-15(12-11-13(2)17)16(18)14-9-6-5-7-10-14/h1,4,6,8-10,12H,5,7,11H2,2H3/b8-4-,15-12+. The second kappa shape index (κ2) is 7.24. The first-order chi connectivity index (χ1) is 8.65. The van der Waals surface area contributed by atoms with Gasteiger partial charge in [-0.3, -0.25) is 9.59 Å². The van der Waals surface area contributed by atoms with Gasteiger partial charge in [-0.25, -0.2) is 0 Å². The Hall–Kier alpha value is -2.14. The van der Waals surface area contributed by atoms with Gasteiger partial charge in [-0.05, 0) is 31.9 Å². The molecule has 0 heterocycles. The van der Waals surface area contributed by atoms with Crippen LogP contribution >= 0.6 is 0 Å². The van der Waals surface area contributed by atoms with Crippen LogP contribution in [-0.4, -0.2) is 11.6 Å². The molecule has 1 aliphatic carbocycles. The summed E-state index contributed by atoms with van der Waals surface area (Å²) in [4.78, 5) is 23.2. The van der Waals surface area contributed by atoms with Crippen molar-refractivity contribution < 1.29 is 9.59 Å². The lowest BCUT2D eigenvalue weighted by Crippen LogP contribution is -2.05. The van der Waals surface area contributed by atoms with Crippen LogP contribution in [0, 0.1) is 12.3 Å². The van der Waals surface area contributed by atoms with E-state index in [0.717, 1.165) is 12.8 Å². The fourth-order valence-corrected chi connectivity index (χ4v) is 1.58. The molecular weight excluding hydrogens is 224 g/mol. The molecule has 0 bridgehead atoms. The van der Waals surface area contributed by atoms with E-state index in [1.165, 1.54) is 13.0 Å². The lowest BCUT2D eigenvalue weighted by atomic mass is 9.97. The number of hydrogen-bond acceptors (Lipinski definition) is 2. The molecule has 0 atom stereocenters. The third-order valence-corrected chi connectivity index (χ3v) is 2.49. The maximum Gasteiger partial charge on any atom is 0.192 e. The van der Waals surface area contributed by atoms with Crippen molar-refractivity contribution in [2.75, 3.05) is 0 Å². The van der Waals surface area contributed by atoms with Crippen molar-refractivity contribution in [2.24, 2.45) is 0 Å². The van der Waals surface area contributed by atoms with Crippen LogP contribution < -0.4 is 0 Å². The van der Waals surface area contributed by atoms with Crippen molar-refractivity contribution in [3.05, 3.63) is 47.6 Å². The zero-order valence-corrected chi connectivity index (χ0v) is 10.5. The van der Waals surface area contributed by atoms with Crippen molar-refractivity contribution in [3.63, 3.8) is 0 Å². The minimum atomic E-state index is -0.0845. The highest BCUT2D eigenvalue weighted by Gasteiger charge is 2.12. The molecule has 0 N–H and O–H groups in total. The quantitative estimate of drug-likeness (QED) is 0.420. The van der Waals surface area contributed by atoms with E-state index in [1.54, 1.807) is 12.2 Å². The van der Waals surface area contributed by atoms with E-state index in [4.69, 9.17) is 6.42 Å². The van der Waals surface area contributed by atoms with Gasteiger partial charge in [0.15, 0.2) is 5.78 Å². The zero-order chi connectivity index (χ0) is 13.4. The molecule has 0 fully saturated rings. The normalized spacial score (nSPS) is 15.3. The highest BCUT2D eigenvalue weighted by molar-refractivity contribution is 6.12. The second-order valence-corrected chi connectivity index (χ2v) is 4.03. The van der Waals surface area contributed by atoms with Crippen LogP contribution in [0.5, 0.6) is 0 Å². The molecule has 2 heteroatoms. The van der Waals surface area contributed by atoms with Crippen molar-refractivity contribution in [1.82, 2.24) is 0 Å². The molecule has 0 saturated carbocycles. The van der Waals surface area contributed by atoms with Gasteiger partial charge in [-0.1, -0.05) is 30.2 Å². The molecule has 2 nitrogen and oxygen atoms in total. The first kappa shape index (κ1) is 13.9. The summed E-state index contributed by atoms with van der Waals surface area (Å²) in [5.41, 5.74) is 1.14. The zero-order valence-electron chi connectivity index (χ0n) is 10.5. The SMILES string of the molecule is C#C/C=C\C(=C/CC(C)=O)C(=O)C1=CCCC=C1. The van der Waals surface area contributed by atoms with Gasteiger partial charge < -0.3 is 0 Å². The van der Waals surface area contributed by atoms with Gasteiger partial charge in [-0.2, -0.15) is 0 Å². The van der Waals surface area contributed by atoms with Crippen LogP contribution in [0.25, 0.3) is 0 Å². The molecular formula is C16H16O2. The fraction of sp³-hybridized carbons (Fsp3) is 0.250.